The van der Waals surface area contributed by atoms with Crippen LogP contribution in [0.25, 0.3) is 0 Å². The van der Waals surface area contributed by atoms with Crippen molar-refractivity contribution in [1.82, 2.24) is 9.97 Å². The molecule has 2 unspecified atom stereocenters. The van der Waals surface area contributed by atoms with Gasteiger partial charge in [-0.2, -0.15) is 4.98 Å². The summed E-state index contributed by atoms with van der Waals surface area (Å²) >= 11 is 0. The van der Waals surface area contributed by atoms with E-state index < -0.39 is 0 Å². The lowest BCUT2D eigenvalue weighted by Gasteiger charge is -2.34. The Morgan fingerprint density at radius 2 is 2.35 bits per heavy atom. The SMILES string of the molecule is CCOc1ccnc(N2CC(C)CC(N)C2)n1. The van der Waals surface area contributed by atoms with Crippen LogP contribution in [-0.4, -0.2) is 35.7 Å². The van der Waals surface area contributed by atoms with Gasteiger partial charge < -0.3 is 15.4 Å². The van der Waals surface area contributed by atoms with E-state index in [9.17, 15) is 0 Å². The van der Waals surface area contributed by atoms with Crippen molar-refractivity contribution in [1.29, 1.82) is 0 Å². The molecule has 0 radical (unpaired) electrons. The van der Waals surface area contributed by atoms with Crippen LogP contribution in [0.4, 0.5) is 5.95 Å². The fourth-order valence-electron chi connectivity index (χ4n) is 2.28. The highest BCUT2D eigenvalue weighted by Crippen LogP contribution is 2.20. The number of nitrogens with two attached hydrogens (primary N) is 1. The second-order valence-corrected chi connectivity index (χ2v) is 4.63. The number of aromatic nitrogens is 2. The van der Waals surface area contributed by atoms with E-state index in [0.717, 1.165) is 25.5 Å². The highest BCUT2D eigenvalue weighted by atomic mass is 16.5. The lowest BCUT2D eigenvalue weighted by Crippen LogP contribution is -2.47. The van der Waals surface area contributed by atoms with Gasteiger partial charge in [0.2, 0.25) is 11.8 Å². The van der Waals surface area contributed by atoms with Gasteiger partial charge in [-0.15, -0.1) is 0 Å². The van der Waals surface area contributed by atoms with E-state index in [1.807, 2.05) is 6.92 Å². The molecule has 1 aliphatic rings. The average molecular weight is 236 g/mol. The first-order valence-electron chi connectivity index (χ1n) is 6.15. The molecule has 1 aromatic rings. The Labute approximate surface area is 102 Å². The molecule has 1 aliphatic heterocycles. The molecule has 0 amide bonds. The van der Waals surface area contributed by atoms with E-state index in [-0.39, 0.29) is 6.04 Å². The third-order valence-electron chi connectivity index (χ3n) is 2.88. The van der Waals surface area contributed by atoms with Crippen LogP contribution in [0.1, 0.15) is 20.3 Å². The molecule has 1 saturated heterocycles. The van der Waals surface area contributed by atoms with Crippen LogP contribution >= 0.6 is 0 Å². The molecule has 2 heterocycles. The zero-order chi connectivity index (χ0) is 12.3. The van der Waals surface area contributed by atoms with Gasteiger partial charge in [-0.1, -0.05) is 6.92 Å². The van der Waals surface area contributed by atoms with Crippen LogP contribution in [0.2, 0.25) is 0 Å². The van der Waals surface area contributed by atoms with Crippen LogP contribution in [0, 0.1) is 5.92 Å². The van der Waals surface area contributed by atoms with Crippen molar-refractivity contribution in [3.8, 4) is 5.88 Å². The maximum atomic E-state index is 6.02. The molecule has 5 nitrogen and oxygen atoms in total. The number of nitrogens with zero attached hydrogens (tertiary/aromatic N) is 3. The minimum Gasteiger partial charge on any atom is -0.478 e. The predicted octanol–water partition coefficient (Wildman–Crippen LogP) is 1.05. The first-order valence-corrected chi connectivity index (χ1v) is 6.15. The molecule has 1 aromatic heterocycles. The van der Waals surface area contributed by atoms with E-state index in [2.05, 4.69) is 21.8 Å². The Hall–Kier alpha value is -1.36. The Balaban J connectivity index is 2.12. The van der Waals surface area contributed by atoms with E-state index in [4.69, 9.17) is 10.5 Å². The van der Waals surface area contributed by atoms with Crippen LogP contribution in [0.3, 0.4) is 0 Å². The molecule has 1 fully saturated rings. The number of hydrogen-bond donors (Lipinski definition) is 1. The molecule has 94 valence electrons. The number of hydrogen-bond acceptors (Lipinski definition) is 5. The summed E-state index contributed by atoms with van der Waals surface area (Å²) in [7, 11) is 0. The second kappa shape index (κ2) is 5.31. The number of piperidine rings is 1. The fraction of sp³-hybridized carbons (Fsp3) is 0.667. The van der Waals surface area contributed by atoms with E-state index in [1.165, 1.54) is 0 Å². The van der Waals surface area contributed by atoms with E-state index in [0.29, 0.717) is 18.4 Å². The molecule has 2 rings (SSSR count). The van der Waals surface area contributed by atoms with Crippen LogP contribution in [-0.2, 0) is 0 Å². The van der Waals surface area contributed by atoms with E-state index >= 15 is 0 Å². The highest BCUT2D eigenvalue weighted by molar-refractivity contribution is 5.33. The van der Waals surface area contributed by atoms with Gasteiger partial charge in [0.25, 0.3) is 0 Å². The van der Waals surface area contributed by atoms with Crippen molar-refractivity contribution < 1.29 is 4.74 Å². The lowest BCUT2D eigenvalue weighted by atomic mass is 9.97. The molecule has 0 aliphatic carbocycles. The molecule has 17 heavy (non-hydrogen) atoms. The van der Waals surface area contributed by atoms with Gasteiger partial charge in [-0.05, 0) is 19.3 Å². The quantitative estimate of drug-likeness (QED) is 0.849. The Morgan fingerprint density at radius 3 is 3.06 bits per heavy atom. The minimum atomic E-state index is 0.207. The first kappa shape index (κ1) is 12.1. The van der Waals surface area contributed by atoms with Gasteiger partial charge in [0.05, 0.1) is 6.61 Å². The summed E-state index contributed by atoms with van der Waals surface area (Å²) in [6, 6.07) is 1.98. The summed E-state index contributed by atoms with van der Waals surface area (Å²) in [4.78, 5) is 10.8. The third-order valence-corrected chi connectivity index (χ3v) is 2.88. The minimum absolute atomic E-state index is 0.207. The highest BCUT2D eigenvalue weighted by Gasteiger charge is 2.24. The number of rotatable bonds is 3. The van der Waals surface area contributed by atoms with Gasteiger partial charge in [0.1, 0.15) is 0 Å². The van der Waals surface area contributed by atoms with Crippen LogP contribution in [0.15, 0.2) is 12.3 Å². The maximum absolute atomic E-state index is 6.02. The number of ether oxygens (including phenoxy) is 1. The predicted molar refractivity (Wildman–Crippen MR) is 67.2 cm³/mol. The van der Waals surface area contributed by atoms with Crippen molar-refractivity contribution in [2.45, 2.75) is 26.3 Å². The Morgan fingerprint density at radius 1 is 1.53 bits per heavy atom. The molecule has 0 saturated carbocycles. The third kappa shape index (κ3) is 3.06. The van der Waals surface area contributed by atoms with E-state index in [1.54, 1.807) is 12.3 Å². The molecule has 2 N–H and O–H groups in total. The summed E-state index contributed by atoms with van der Waals surface area (Å²) in [5.74, 6) is 1.93. The molecule has 5 heteroatoms. The van der Waals surface area contributed by atoms with Crippen molar-refractivity contribution >= 4 is 5.95 Å². The second-order valence-electron chi connectivity index (χ2n) is 4.63. The zero-order valence-electron chi connectivity index (χ0n) is 10.5. The largest absolute Gasteiger partial charge is 0.478 e. The Kier molecular flexibility index (Phi) is 3.78. The average Bonchev–Trinajstić information content (AvgIpc) is 2.28. The summed E-state index contributed by atoms with van der Waals surface area (Å²) in [5.41, 5.74) is 6.02. The number of anilines is 1. The fourth-order valence-corrected chi connectivity index (χ4v) is 2.28. The topological polar surface area (TPSA) is 64.3 Å². The van der Waals surface area contributed by atoms with Gasteiger partial charge in [0, 0.05) is 31.4 Å². The Bertz CT molecular complexity index is 361. The first-order chi connectivity index (χ1) is 8.19. The molecular formula is C12H20N4O. The van der Waals surface area contributed by atoms with Crippen molar-refractivity contribution in [2.24, 2.45) is 11.7 Å². The molecule has 0 bridgehead atoms. The monoisotopic (exact) mass is 236 g/mol. The normalized spacial score (nSPS) is 24.8. The van der Waals surface area contributed by atoms with Crippen LogP contribution in [0.5, 0.6) is 5.88 Å². The molecule has 0 spiro atoms. The lowest BCUT2D eigenvalue weighted by molar-refractivity contribution is 0.325. The smallest absolute Gasteiger partial charge is 0.228 e. The maximum Gasteiger partial charge on any atom is 0.228 e. The summed E-state index contributed by atoms with van der Waals surface area (Å²) in [6.07, 6.45) is 2.81. The summed E-state index contributed by atoms with van der Waals surface area (Å²) < 4.78 is 5.38. The van der Waals surface area contributed by atoms with Crippen molar-refractivity contribution in [3.05, 3.63) is 12.3 Å². The van der Waals surface area contributed by atoms with Crippen LogP contribution < -0.4 is 15.4 Å². The molecule has 0 aromatic carbocycles. The van der Waals surface area contributed by atoms with Gasteiger partial charge in [0.15, 0.2) is 0 Å². The summed E-state index contributed by atoms with van der Waals surface area (Å²) in [5, 5.41) is 0. The van der Waals surface area contributed by atoms with Crippen molar-refractivity contribution in [2.75, 3.05) is 24.6 Å². The van der Waals surface area contributed by atoms with Gasteiger partial charge in [-0.25, -0.2) is 4.98 Å². The zero-order valence-corrected chi connectivity index (χ0v) is 10.5. The molecular weight excluding hydrogens is 216 g/mol. The standard InChI is InChI=1S/C12H20N4O/c1-3-17-11-4-5-14-12(15-11)16-7-9(2)6-10(13)8-16/h4-5,9-10H,3,6-8,13H2,1-2H3. The van der Waals surface area contributed by atoms with Crippen molar-refractivity contribution in [3.63, 3.8) is 0 Å². The van der Waals surface area contributed by atoms with Gasteiger partial charge in [-0.3, -0.25) is 0 Å². The summed E-state index contributed by atoms with van der Waals surface area (Å²) in [6.45, 7) is 6.55. The molecule has 2 atom stereocenters. The van der Waals surface area contributed by atoms with Gasteiger partial charge >= 0.3 is 0 Å².